The average molecular weight is 919 g/mol. The fraction of sp³-hybridized carbons (Fsp3) is 0.167. The Labute approximate surface area is 344 Å². The summed E-state index contributed by atoms with van der Waals surface area (Å²) in [6, 6.07) is 42.4. The molecule has 0 N–H and O–H groups in total. The van der Waals surface area contributed by atoms with Crippen LogP contribution in [0.4, 0.5) is 0 Å². The molecule has 0 atom stereocenters. The molecule has 0 spiro atoms. The van der Waals surface area contributed by atoms with Gasteiger partial charge in [0.05, 0.1) is 17.5 Å². The quantitative estimate of drug-likeness (QED) is 0.127. The smallest absolute Gasteiger partial charge is 0.0795 e. The van der Waals surface area contributed by atoms with Crippen molar-refractivity contribution >= 4 is 64.6 Å². The summed E-state index contributed by atoms with van der Waals surface area (Å²) in [7, 11) is -3.22. The zero-order valence-electron chi connectivity index (χ0n) is 38.2. The third-order valence-corrected chi connectivity index (χ3v) is 14.0. The number of aromatic nitrogens is 3. The van der Waals surface area contributed by atoms with Crippen molar-refractivity contribution in [3.63, 3.8) is 0 Å². The number of nitrogens with zero attached hydrogens (tertiary/aromatic N) is 3. The van der Waals surface area contributed by atoms with Gasteiger partial charge in [0, 0.05) is 57.5 Å². The van der Waals surface area contributed by atoms with Crippen molar-refractivity contribution in [2.75, 3.05) is 0 Å². The molecule has 0 fully saturated rings. The summed E-state index contributed by atoms with van der Waals surface area (Å²) in [5, 5.41) is 6.29. The third-order valence-electron chi connectivity index (χ3n) is 9.98. The van der Waals surface area contributed by atoms with Crippen molar-refractivity contribution in [3.05, 3.63) is 151 Å². The zero-order valence-corrected chi connectivity index (χ0v) is 35.6. The molecule has 0 aliphatic rings. The summed E-state index contributed by atoms with van der Waals surface area (Å²) in [6.07, 6.45) is 3.32. The Bertz CT molecular complexity index is 2960. The van der Waals surface area contributed by atoms with E-state index in [9.17, 15) is 0 Å². The van der Waals surface area contributed by atoms with Crippen LogP contribution in [0.1, 0.15) is 20.7 Å². The van der Waals surface area contributed by atoms with Crippen LogP contribution in [-0.4, -0.2) is 30.5 Å². The fourth-order valence-corrected chi connectivity index (χ4v) is 9.12. The molecule has 4 aromatic heterocycles. The van der Waals surface area contributed by atoms with Crippen LogP contribution in [-0.2, 0) is 20.1 Å². The van der Waals surface area contributed by atoms with Gasteiger partial charge in [-0.1, -0.05) is 139 Å². The maximum absolute atomic E-state index is 9.01. The molecule has 54 heavy (non-hydrogen) atoms. The van der Waals surface area contributed by atoms with E-state index in [1.165, 1.54) is 11.4 Å². The van der Waals surface area contributed by atoms with E-state index in [1.807, 2.05) is 60.8 Å². The Balaban J connectivity index is 0.000000278. The Hall–Kier alpha value is -4.72. The predicted octanol–water partition coefficient (Wildman–Crippen LogP) is 11.6. The molecule has 3 nitrogen and oxygen atoms in total. The first-order chi connectivity index (χ1) is 28.2. The molecule has 6 heteroatoms. The summed E-state index contributed by atoms with van der Waals surface area (Å²) >= 11 is 0. The van der Waals surface area contributed by atoms with Crippen LogP contribution >= 0.6 is 0 Å². The van der Waals surface area contributed by atoms with E-state index in [-0.39, 0.29) is 48.4 Å². The molecule has 271 valence electrons. The molecule has 9 rings (SSSR count). The summed E-state index contributed by atoms with van der Waals surface area (Å²) in [6.45, 7) is 8.13. The SMILES string of the molecule is C[Si](C)(C)c1ccc(-c2[c-]cccc2)nc1.[2H]c1cc([Si](C)(C)C)cc(C([2H])([2H])[2H])c1-c1cc(-c2[c-]c3c4ccccc4n4c5ccccc5c(c2)c34)ncc1C([2H])([2H])[2H].[Ir]. The minimum Gasteiger partial charge on any atom is -0.348 e. The van der Waals surface area contributed by atoms with Gasteiger partial charge in [0.25, 0.3) is 0 Å². The number of hydrogen-bond acceptors (Lipinski definition) is 2. The third kappa shape index (κ3) is 6.89. The molecule has 0 aliphatic carbocycles. The number of pyridine rings is 2. The number of aryl methyl sites for hydroxylation is 2. The van der Waals surface area contributed by atoms with E-state index in [0.29, 0.717) is 11.3 Å². The Kier molecular flexibility index (Phi) is 7.95. The molecule has 9 aromatic rings. The molecule has 0 amide bonds. The van der Waals surface area contributed by atoms with Crippen molar-refractivity contribution in [2.45, 2.75) is 53.0 Å². The predicted molar refractivity (Wildman–Crippen MR) is 233 cm³/mol. The second kappa shape index (κ2) is 14.5. The summed E-state index contributed by atoms with van der Waals surface area (Å²) in [5.41, 5.74) is 6.56. The maximum atomic E-state index is 9.01. The number of para-hydroxylation sites is 2. The Morgan fingerprint density at radius 2 is 1.30 bits per heavy atom. The zero-order chi connectivity index (χ0) is 42.9. The van der Waals surface area contributed by atoms with E-state index >= 15 is 0 Å². The van der Waals surface area contributed by atoms with Crippen LogP contribution in [0.2, 0.25) is 39.3 Å². The van der Waals surface area contributed by atoms with Crippen LogP contribution in [0.25, 0.3) is 71.7 Å². The number of benzene rings is 5. The molecule has 0 unspecified atom stereocenters. The maximum Gasteiger partial charge on any atom is 0.0795 e. The summed E-state index contributed by atoms with van der Waals surface area (Å²) in [5.74, 6) is 0. The van der Waals surface area contributed by atoms with E-state index in [4.69, 9.17) is 9.60 Å². The van der Waals surface area contributed by atoms with Gasteiger partial charge in [-0.05, 0) is 69.9 Å². The van der Waals surface area contributed by atoms with Crippen LogP contribution in [0.15, 0.2) is 128 Å². The second-order valence-electron chi connectivity index (χ2n) is 15.7. The first kappa shape index (κ1) is 29.6. The van der Waals surface area contributed by atoms with Gasteiger partial charge in [0.15, 0.2) is 0 Å². The van der Waals surface area contributed by atoms with Gasteiger partial charge in [0.2, 0.25) is 0 Å². The average Bonchev–Trinajstić information content (AvgIpc) is 3.71. The standard InChI is InChI=1S/C34H29N2Si.C14H16NSi.Ir/c1-21-16-24(37(3,4)5)14-15-25(21)28-19-31(35-20-22(28)2)23-17-29-26-10-6-8-12-32(26)36-33-13-9-7-11-27(33)30(18-23)34(29)36;1-16(2,3)13-9-10-14(15-11-13)12-7-5-4-6-8-12;/h6-17,19-20H,1-5H3;4-7,9-11H,1-3H3;/q2*-1;/i1D3,2D3,15D;;. The van der Waals surface area contributed by atoms with Crippen molar-refractivity contribution < 1.29 is 29.7 Å². The minimum atomic E-state index is -2.58. The molecule has 1 radical (unpaired) electrons. The van der Waals surface area contributed by atoms with Gasteiger partial charge in [-0.3, -0.25) is 4.98 Å². The van der Waals surface area contributed by atoms with Crippen molar-refractivity contribution in [2.24, 2.45) is 0 Å². The second-order valence-corrected chi connectivity index (χ2v) is 25.8. The summed E-state index contributed by atoms with van der Waals surface area (Å²) in [4.78, 5) is 9.13. The molecule has 0 saturated carbocycles. The van der Waals surface area contributed by atoms with Crippen LogP contribution < -0.4 is 10.4 Å². The van der Waals surface area contributed by atoms with Gasteiger partial charge < -0.3 is 9.38 Å². The molecule has 0 saturated heterocycles. The van der Waals surface area contributed by atoms with Crippen molar-refractivity contribution in [3.8, 4) is 33.6 Å². The van der Waals surface area contributed by atoms with E-state index in [1.54, 1.807) is 18.2 Å². The van der Waals surface area contributed by atoms with E-state index < -0.39 is 29.9 Å². The Morgan fingerprint density at radius 3 is 1.96 bits per heavy atom. The number of fused-ring (bicyclic) bond motifs is 6. The largest absolute Gasteiger partial charge is 0.348 e. The molecule has 0 bridgehead atoms. The van der Waals surface area contributed by atoms with Gasteiger partial charge in [-0.15, -0.1) is 48.0 Å². The van der Waals surface area contributed by atoms with Gasteiger partial charge in [0.1, 0.15) is 0 Å². The normalized spacial score (nSPS) is 14.3. The van der Waals surface area contributed by atoms with Crippen LogP contribution in [0, 0.1) is 25.8 Å². The first-order valence-corrected chi connectivity index (χ1v) is 24.9. The Morgan fingerprint density at radius 1 is 0.611 bits per heavy atom. The fourth-order valence-electron chi connectivity index (χ4n) is 7.01. The topological polar surface area (TPSA) is 30.2 Å². The minimum absolute atomic E-state index is 0. The summed E-state index contributed by atoms with van der Waals surface area (Å²) < 4.78 is 61.3. The van der Waals surface area contributed by atoms with E-state index in [0.717, 1.165) is 54.5 Å². The van der Waals surface area contributed by atoms with Gasteiger partial charge in [-0.2, -0.15) is 0 Å². The molecular weight excluding hydrogens is 867 g/mol. The number of rotatable bonds is 5. The van der Waals surface area contributed by atoms with Gasteiger partial charge in [-0.25, -0.2) is 0 Å². The molecular formula is C48H45IrN3Si2-2. The first-order valence-electron chi connectivity index (χ1n) is 21.4. The van der Waals surface area contributed by atoms with Crippen LogP contribution in [0.5, 0.6) is 0 Å². The molecule has 0 aliphatic heterocycles. The van der Waals surface area contributed by atoms with Crippen LogP contribution in [0.3, 0.4) is 0 Å². The molecule has 5 aromatic carbocycles. The van der Waals surface area contributed by atoms with Crippen molar-refractivity contribution in [1.82, 2.24) is 14.4 Å². The van der Waals surface area contributed by atoms with Gasteiger partial charge >= 0.3 is 0 Å². The number of hydrogen-bond donors (Lipinski definition) is 0. The van der Waals surface area contributed by atoms with E-state index in [2.05, 4.69) is 102 Å². The monoisotopic (exact) mass is 919 g/mol. The van der Waals surface area contributed by atoms with Crippen molar-refractivity contribution in [1.29, 1.82) is 0 Å². The molecule has 4 heterocycles.